The Morgan fingerprint density at radius 2 is 1.69 bits per heavy atom. The van der Waals surface area contributed by atoms with Crippen molar-refractivity contribution in [3.05, 3.63) is 85.3 Å². The monoisotopic (exact) mass is 406 g/mol. The molecule has 10 heteroatoms. The van der Waals surface area contributed by atoms with Gasteiger partial charge in [-0.1, -0.05) is 24.3 Å². The molecule has 0 radical (unpaired) electrons. The molecule has 0 fully saturated rings. The summed E-state index contributed by atoms with van der Waals surface area (Å²) in [6, 6.07) is 12.4. The lowest BCUT2D eigenvalue weighted by Gasteiger charge is -2.07. The van der Waals surface area contributed by atoms with Gasteiger partial charge in [0.15, 0.2) is 0 Å². The lowest BCUT2D eigenvalue weighted by molar-refractivity contribution is 0.0976. The van der Waals surface area contributed by atoms with Crippen LogP contribution in [0.2, 0.25) is 0 Å². The Kier molecular flexibility index (Phi) is 4.83. The number of sulfonamides is 1. The molecule has 1 aromatic carbocycles. The summed E-state index contributed by atoms with van der Waals surface area (Å²) in [7, 11) is -3.99. The van der Waals surface area contributed by atoms with E-state index in [9.17, 15) is 13.2 Å². The topological polar surface area (TPSA) is 120 Å². The van der Waals surface area contributed by atoms with Crippen LogP contribution in [0.5, 0.6) is 0 Å². The Bertz CT molecular complexity index is 1260. The molecule has 9 nitrogen and oxygen atoms in total. The highest BCUT2D eigenvalue weighted by Gasteiger charge is 2.19. The van der Waals surface area contributed by atoms with Crippen molar-refractivity contribution in [3.8, 4) is 16.9 Å². The molecule has 0 bridgehead atoms. The molecule has 0 saturated carbocycles. The largest absolute Gasteiger partial charge is 0.283 e. The van der Waals surface area contributed by atoms with Gasteiger partial charge in [-0.25, -0.2) is 32.8 Å². The molecule has 0 aliphatic rings. The van der Waals surface area contributed by atoms with Crippen molar-refractivity contribution in [1.29, 1.82) is 0 Å². The van der Waals surface area contributed by atoms with Gasteiger partial charge in [0.05, 0.1) is 29.2 Å². The van der Waals surface area contributed by atoms with Gasteiger partial charge >= 0.3 is 0 Å². The average molecular weight is 406 g/mol. The minimum atomic E-state index is -3.99. The first kappa shape index (κ1) is 18.4. The zero-order valence-corrected chi connectivity index (χ0v) is 15.7. The Balaban J connectivity index is 1.58. The maximum Gasteiger partial charge on any atom is 0.283 e. The SMILES string of the molecule is O=C(NS(=O)(=O)c1ccccc1)c1cccc(-c2cnn(-c3cncnc3)c2)n1. The second kappa shape index (κ2) is 7.60. The Labute approximate surface area is 166 Å². The van der Waals surface area contributed by atoms with Gasteiger partial charge in [-0.3, -0.25) is 4.79 Å². The molecule has 1 N–H and O–H groups in total. The van der Waals surface area contributed by atoms with Crippen molar-refractivity contribution >= 4 is 15.9 Å². The normalized spacial score (nSPS) is 11.2. The van der Waals surface area contributed by atoms with E-state index >= 15 is 0 Å². The maximum atomic E-state index is 12.5. The van der Waals surface area contributed by atoms with E-state index in [1.54, 1.807) is 59.8 Å². The van der Waals surface area contributed by atoms with Crippen molar-refractivity contribution in [2.75, 3.05) is 0 Å². The molecule has 3 heterocycles. The van der Waals surface area contributed by atoms with Gasteiger partial charge in [0.2, 0.25) is 0 Å². The zero-order valence-electron chi connectivity index (χ0n) is 14.9. The van der Waals surface area contributed by atoms with E-state index in [1.165, 1.54) is 24.5 Å². The highest BCUT2D eigenvalue weighted by molar-refractivity contribution is 7.90. The number of hydrogen-bond acceptors (Lipinski definition) is 7. The predicted octanol–water partition coefficient (Wildman–Crippen LogP) is 1.84. The van der Waals surface area contributed by atoms with Gasteiger partial charge in [0.25, 0.3) is 15.9 Å². The lowest BCUT2D eigenvalue weighted by Crippen LogP contribution is -2.31. The lowest BCUT2D eigenvalue weighted by atomic mass is 10.2. The molecule has 0 saturated heterocycles. The molecule has 3 aromatic heterocycles. The maximum absolute atomic E-state index is 12.5. The quantitative estimate of drug-likeness (QED) is 0.537. The molecule has 144 valence electrons. The van der Waals surface area contributed by atoms with Crippen LogP contribution in [0.25, 0.3) is 16.9 Å². The second-order valence-corrected chi connectivity index (χ2v) is 7.61. The first-order chi connectivity index (χ1) is 14.0. The fourth-order valence-corrected chi connectivity index (χ4v) is 3.54. The van der Waals surface area contributed by atoms with E-state index in [4.69, 9.17) is 0 Å². The Morgan fingerprint density at radius 3 is 2.45 bits per heavy atom. The van der Waals surface area contributed by atoms with Crippen molar-refractivity contribution in [2.24, 2.45) is 0 Å². The van der Waals surface area contributed by atoms with Crippen molar-refractivity contribution < 1.29 is 13.2 Å². The van der Waals surface area contributed by atoms with Crippen molar-refractivity contribution in [1.82, 2.24) is 29.5 Å². The second-order valence-electron chi connectivity index (χ2n) is 5.93. The molecule has 29 heavy (non-hydrogen) atoms. The summed E-state index contributed by atoms with van der Waals surface area (Å²) >= 11 is 0. The highest BCUT2D eigenvalue weighted by atomic mass is 32.2. The highest BCUT2D eigenvalue weighted by Crippen LogP contribution is 2.18. The summed E-state index contributed by atoms with van der Waals surface area (Å²) in [5.74, 6) is -0.820. The van der Waals surface area contributed by atoms with Crippen LogP contribution in [0, 0.1) is 0 Å². The van der Waals surface area contributed by atoms with E-state index in [0.29, 0.717) is 16.9 Å². The predicted molar refractivity (Wildman–Crippen MR) is 103 cm³/mol. The third-order valence-electron chi connectivity index (χ3n) is 3.95. The third-order valence-corrected chi connectivity index (χ3v) is 5.30. The number of rotatable bonds is 5. The molecule has 0 spiro atoms. The zero-order chi connectivity index (χ0) is 20.3. The smallest absolute Gasteiger partial charge is 0.266 e. The molecule has 4 aromatic rings. The van der Waals surface area contributed by atoms with E-state index in [-0.39, 0.29) is 10.6 Å². The van der Waals surface area contributed by atoms with Crippen LogP contribution < -0.4 is 4.72 Å². The first-order valence-electron chi connectivity index (χ1n) is 8.43. The molecular weight excluding hydrogens is 392 g/mol. The Hall–Kier alpha value is -3.92. The summed E-state index contributed by atoms with van der Waals surface area (Å²) in [5, 5.41) is 4.24. The van der Waals surface area contributed by atoms with E-state index in [0.717, 1.165) is 0 Å². The van der Waals surface area contributed by atoms with Crippen LogP contribution in [0.15, 0.2) is 84.5 Å². The molecule has 4 rings (SSSR count). The summed E-state index contributed by atoms with van der Waals surface area (Å²) in [4.78, 5) is 24.6. The number of carbonyl (C=O) groups is 1. The van der Waals surface area contributed by atoms with E-state index in [1.807, 2.05) is 4.72 Å². The molecule has 0 aliphatic carbocycles. The standard InChI is InChI=1S/C19H14N6O3S/c26-19(24-29(27,28)16-5-2-1-3-6-16)18-8-4-7-17(23-18)14-9-22-25(12-14)15-10-20-13-21-11-15/h1-13H,(H,24,26). The number of nitrogens with zero attached hydrogens (tertiary/aromatic N) is 5. The Morgan fingerprint density at radius 1 is 0.931 bits per heavy atom. The van der Waals surface area contributed by atoms with Crippen LogP contribution in [0.3, 0.4) is 0 Å². The molecule has 0 aliphatic heterocycles. The molecule has 0 unspecified atom stereocenters. The van der Waals surface area contributed by atoms with Gasteiger partial charge < -0.3 is 0 Å². The summed E-state index contributed by atoms with van der Waals surface area (Å²) in [6.45, 7) is 0. The average Bonchev–Trinajstić information content (AvgIpc) is 3.25. The van der Waals surface area contributed by atoms with Gasteiger partial charge in [0, 0.05) is 11.8 Å². The summed E-state index contributed by atoms with van der Waals surface area (Å²) in [6.07, 6.45) is 7.92. The van der Waals surface area contributed by atoms with Gasteiger partial charge in [0.1, 0.15) is 17.7 Å². The molecule has 1 amide bonds. The fraction of sp³-hybridized carbons (Fsp3) is 0. The first-order valence-corrected chi connectivity index (χ1v) is 9.91. The van der Waals surface area contributed by atoms with E-state index in [2.05, 4.69) is 20.1 Å². The van der Waals surface area contributed by atoms with Crippen LogP contribution >= 0.6 is 0 Å². The summed E-state index contributed by atoms with van der Waals surface area (Å²) < 4.78 is 28.3. The third kappa shape index (κ3) is 4.01. The van der Waals surface area contributed by atoms with Gasteiger partial charge in [-0.05, 0) is 24.3 Å². The number of hydrogen-bond donors (Lipinski definition) is 1. The molecular formula is C19H14N6O3S. The number of aromatic nitrogens is 5. The number of pyridine rings is 1. The van der Waals surface area contributed by atoms with Crippen LogP contribution in [0.1, 0.15) is 10.5 Å². The van der Waals surface area contributed by atoms with E-state index < -0.39 is 15.9 Å². The minimum absolute atomic E-state index is 0.00383. The number of carbonyl (C=O) groups excluding carboxylic acids is 1. The van der Waals surface area contributed by atoms with Crippen molar-refractivity contribution in [2.45, 2.75) is 4.90 Å². The van der Waals surface area contributed by atoms with Gasteiger partial charge in [-0.15, -0.1) is 0 Å². The van der Waals surface area contributed by atoms with Gasteiger partial charge in [-0.2, -0.15) is 5.10 Å². The number of nitrogens with one attached hydrogen (secondary N) is 1. The molecule has 0 atom stereocenters. The minimum Gasteiger partial charge on any atom is -0.266 e. The van der Waals surface area contributed by atoms with Crippen LogP contribution in [-0.4, -0.2) is 39.1 Å². The van der Waals surface area contributed by atoms with Crippen LogP contribution in [-0.2, 0) is 10.0 Å². The summed E-state index contributed by atoms with van der Waals surface area (Å²) in [5.41, 5.74) is 1.76. The number of benzene rings is 1. The number of amides is 1. The fourth-order valence-electron chi connectivity index (χ4n) is 2.56. The van der Waals surface area contributed by atoms with Crippen molar-refractivity contribution in [3.63, 3.8) is 0 Å². The van der Waals surface area contributed by atoms with Crippen LogP contribution in [0.4, 0.5) is 0 Å².